The Hall–Kier alpha value is -2.66. The molecule has 0 amide bonds. The second-order valence-electron chi connectivity index (χ2n) is 6.87. The Balaban J connectivity index is 2.19. The smallest absolute Gasteiger partial charge is 0.203 e. The van der Waals surface area contributed by atoms with Crippen molar-refractivity contribution in [3.63, 3.8) is 0 Å². The van der Waals surface area contributed by atoms with Crippen molar-refractivity contribution in [1.82, 2.24) is 4.98 Å². The van der Waals surface area contributed by atoms with E-state index in [-0.39, 0.29) is 0 Å². The molecule has 0 fully saturated rings. The molecule has 5 heteroatoms. The van der Waals surface area contributed by atoms with Gasteiger partial charge in [0.25, 0.3) is 0 Å². The maximum atomic E-state index is 5.73. The summed E-state index contributed by atoms with van der Waals surface area (Å²) in [6.45, 7) is 2.89. The molecule has 2 aromatic carbocycles. The number of unbranched alkanes of at least 4 members (excludes halogenated alkanes) is 1. The number of rotatable bonds is 9. The number of aromatic nitrogens is 1. The van der Waals surface area contributed by atoms with Crippen molar-refractivity contribution in [2.75, 3.05) is 27.9 Å². The van der Waals surface area contributed by atoms with Gasteiger partial charge in [0.2, 0.25) is 5.75 Å². The van der Waals surface area contributed by atoms with Gasteiger partial charge in [-0.15, -0.1) is 0 Å². The number of hydrogen-bond donors (Lipinski definition) is 2. The molecule has 5 nitrogen and oxygen atoms in total. The van der Waals surface area contributed by atoms with Crippen molar-refractivity contribution in [3.8, 4) is 28.5 Å². The van der Waals surface area contributed by atoms with Crippen molar-refractivity contribution < 1.29 is 14.2 Å². The molecule has 1 aromatic heterocycles. The van der Waals surface area contributed by atoms with Crippen LogP contribution in [0.25, 0.3) is 22.2 Å². The Morgan fingerprint density at radius 1 is 0.929 bits per heavy atom. The molecule has 150 valence electrons. The molecular formula is C23H30N2O3. The van der Waals surface area contributed by atoms with Crippen LogP contribution in [-0.4, -0.2) is 32.9 Å². The number of nitrogens with one attached hydrogen (secondary N) is 1. The predicted molar refractivity (Wildman–Crippen MR) is 115 cm³/mol. The van der Waals surface area contributed by atoms with Gasteiger partial charge in [-0.3, -0.25) is 0 Å². The average Bonchev–Trinajstić information content (AvgIpc) is 3.10. The van der Waals surface area contributed by atoms with E-state index >= 15 is 0 Å². The maximum absolute atomic E-state index is 5.73. The zero-order valence-corrected chi connectivity index (χ0v) is 17.2. The van der Waals surface area contributed by atoms with Gasteiger partial charge in [-0.2, -0.15) is 0 Å². The summed E-state index contributed by atoms with van der Waals surface area (Å²) in [4.78, 5) is 3.62. The molecule has 0 aliphatic carbocycles. The summed E-state index contributed by atoms with van der Waals surface area (Å²) in [7, 11) is 4.90. The van der Waals surface area contributed by atoms with Crippen LogP contribution in [0.2, 0.25) is 0 Å². The van der Waals surface area contributed by atoms with Crippen molar-refractivity contribution in [3.05, 3.63) is 41.5 Å². The van der Waals surface area contributed by atoms with Gasteiger partial charge < -0.3 is 24.9 Å². The first-order chi connectivity index (χ1) is 13.7. The summed E-state index contributed by atoms with van der Waals surface area (Å²) in [5, 5.41) is 1.28. The summed E-state index contributed by atoms with van der Waals surface area (Å²) in [5.74, 6) is 1.90. The van der Waals surface area contributed by atoms with Crippen LogP contribution in [0.1, 0.15) is 30.9 Å². The standard InChI is InChI=1S/C23H30N2O3/c1-5-15-9-10-19-18(12-15)17(8-6-7-11-24)22(25-19)16-13-20(26-2)23(28-4)21(14-16)27-3/h9-10,12-14,25H,5-8,11,24H2,1-4H3. The number of H-pyrrole nitrogens is 1. The van der Waals surface area contributed by atoms with Gasteiger partial charge in [-0.1, -0.05) is 13.0 Å². The summed E-state index contributed by atoms with van der Waals surface area (Å²) in [6.07, 6.45) is 4.05. The van der Waals surface area contributed by atoms with E-state index in [1.807, 2.05) is 12.1 Å². The molecule has 0 aliphatic rings. The zero-order valence-electron chi connectivity index (χ0n) is 17.2. The number of aryl methyl sites for hydroxylation is 2. The largest absolute Gasteiger partial charge is 0.493 e. The first kappa shape index (κ1) is 20.1. The van der Waals surface area contributed by atoms with Crippen LogP contribution in [0.15, 0.2) is 30.3 Å². The van der Waals surface area contributed by atoms with E-state index in [1.165, 1.54) is 16.5 Å². The first-order valence-corrected chi connectivity index (χ1v) is 9.80. The monoisotopic (exact) mass is 382 g/mol. The molecule has 0 radical (unpaired) electrons. The molecule has 0 atom stereocenters. The maximum Gasteiger partial charge on any atom is 0.203 e. The normalized spacial score (nSPS) is 11.0. The van der Waals surface area contributed by atoms with Crippen molar-refractivity contribution in [2.24, 2.45) is 5.73 Å². The Morgan fingerprint density at radius 3 is 2.21 bits per heavy atom. The van der Waals surface area contributed by atoms with Crippen molar-refractivity contribution >= 4 is 10.9 Å². The number of ether oxygens (including phenoxy) is 3. The lowest BCUT2D eigenvalue weighted by Gasteiger charge is -2.14. The SMILES string of the molecule is CCc1ccc2[nH]c(-c3cc(OC)c(OC)c(OC)c3)c(CCCCN)c2c1. The number of aromatic amines is 1. The second kappa shape index (κ2) is 9.02. The van der Waals surface area contributed by atoms with Gasteiger partial charge in [0.05, 0.1) is 21.3 Å². The van der Waals surface area contributed by atoms with Gasteiger partial charge in [-0.05, 0) is 67.6 Å². The summed E-state index contributed by atoms with van der Waals surface area (Å²) < 4.78 is 16.6. The molecule has 0 aliphatic heterocycles. The molecule has 0 saturated carbocycles. The lowest BCUT2D eigenvalue weighted by Crippen LogP contribution is -2.00. The molecule has 0 bridgehead atoms. The predicted octanol–water partition coefficient (Wildman–Crippen LogP) is 4.70. The first-order valence-electron chi connectivity index (χ1n) is 9.80. The molecule has 0 saturated heterocycles. The summed E-state index contributed by atoms with van der Waals surface area (Å²) >= 11 is 0. The van der Waals surface area contributed by atoms with Crippen LogP contribution in [0.3, 0.4) is 0 Å². The van der Waals surface area contributed by atoms with Crippen LogP contribution in [-0.2, 0) is 12.8 Å². The highest BCUT2D eigenvalue weighted by Gasteiger charge is 2.19. The van der Waals surface area contributed by atoms with Gasteiger partial charge in [0, 0.05) is 22.2 Å². The highest BCUT2D eigenvalue weighted by Crippen LogP contribution is 2.43. The molecule has 3 aromatic rings. The van der Waals surface area contributed by atoms with Gasteiger partial charge in [-0.25, -0.2) is 0 Å². The summed E-state index contributed by atoms with van der Waals surface area (Å²) in [6, 6.07) is 10.6. The van der Waals surface area contributed by atoms with Gasteiger partial charge in [0.1, 0.15) is 0 Å². The average molecular weight is 383 g/mol. The van der Waals surface area contributed by atoms with Crippen LogP contribution in [0.4, 0.5) is 0 Å². The van der Waals surface area contributed by atoms with E-state index in [1.54, 1.807) is 21.3 Å². The Labute approximate surface area is 166 Å². The fraction of sp³-hybridized carbons (Fsp3) is 0.391. The fourth-order valence-electron chi connectivity index (χ4n) is 3.69. The lowest BCUT2D eigenvalue weighted by atomic mass is 9.98. The van der Waals surface area contributed by atoms with Gasteiger partial charge >= 0.3 is 0 Å². The number of methoxy groups -OCH3 is 3. The molecule has 3 rings (SSSR count). The minimum absolute atomic E-state index is 0.600. The molecule has 0 unspecified atom stereocenters. The molecule has 1 heterocycles. The molecular weight excluding hydrogens is 352 g/mol. The summed E-state index contributed by atoms with van der Waals surface area (Å²) in [5.41, 5.74) is 11.6. The van der Waals surface area contributed by atoms with E-state index in [0.29, 0.717) is 23.8 Å². The van der Waals surface area contributed by atoms with E-state index in [9.17, 15) is 0 Å². The highest BCUT2D eigenvalue weighted by atomic mass is 16.5. The Kier molecular flexibility index (Phi) is 6.47. The Morgan fingerprint density at radius 2 is 1.64 bits per heavy atom. The molecule has 0 spiro atoms. The van der Waals surface area contributed by atoms with E-state index < -0.39 is 0 Å². The number of fused-ring (bicyclic) bond motifs is 1. The minimum Gasteiger partial charge on any atom is -0.493 e. The van der Waals surface area contributed by atoms with Crippen LogP contribution in [0, 0.1) is 0 Å². The number of hydrogen-bond acceptors (Lipinski definition) is 4. The third-order valence-corrected chi connectivity index (χ3v) is 5.21. The third kappa shape index (κ3) is 3.80. The van der Waals surface area contributed by atoms with Crippen LogP contribution < -0.4 is 19.9 Å². The number of benzene rings is 2. The fourth-order valence-corrected chi connectivity index (χ4v) is 3.69. The van der Waals surface area contributed by atoms with Crippen LogP contribution in [0.5, 0.6) is 17.2 Å². The van der Waals surface area contributed by atoms with E-state index in [4.69, 9.17) is 19.9 Å². The third-order valence-electron chi connectivity index (χ3n) is 5.21. The van der Waals surface area contributed by atoms with Crippen molar-refractivity contribution in [2.45, 2.75) is 32.6 Å². The quantitative estimate of drug-likeness (QED) is 0.526. The zero-order chi connectivity index (χ0) is 20.1. The Bertz CT molecular complexity index is 921. The number of nitrogens with two attached hydrogens (primary N) is 1. The van der Waals surface area contributed by atoms with Crippen molar-refractivity contribution in [1.29, 1.82) is 0 Å². The van der Waals surface area contributed by atoms with E-state index in [0.717, 1.165) is 42.5 Å². The highest BCUT2D eigenvalue weighted by molar-refractivity contribution is 5.92. The van der Waals surface area contributed by atoms with E-state index in [2.05, 4.69) is 30.1 Å². The second-order valence-corrected chi connectivity index (χ2v) is 6.87. The lowest BCUT2D eigenvalue weighted by molar-refractivity contribution is 0.324. The molecule has 28 heavy (non-hydrogen) atoms. The topological polar surface area (TPSA) is 69.5 Å². The minimum atomic E-state index is 0.600. The van der Waals surface area contributed by atoms with Gasteiger partial charge in [0.15, 0.2) is 11.5 Å². The van der Waals surface area contributed by atoms with Crippen LogP contribution >= 0.6 is 0 Å². The molecule has 3 N–H and O–H groups in total.